The van der Waals surface area contributed by atoms with Gasteiger partial charge in [-0.2, -0.15) is 0 Å². The maximum absolute atomic E-state index is 13.2. The van der Waals surface area contributed by atoms with E-state index in [1.165, 1.54) is 21.3 Å². The maximum atomic E-state index is 13.2. The molecule has 0 aromatic heterocycles. The van der Waals surface area contributed by atoms with Crippen LogP contribution in [0.2, 0.25) is 0 Å². The van der Waals surface area contributed by atoms with Gasteiger partial charge in [-0.1, -0.05) is 48.0 Å². The van der Waals surface area contributed by atoms with Crippen molar-refractivity contribution in [2.45, 2.75) is 25.9 Å². The number of anilines is 1. The van der Waals surface area contributed by atoms with Gasteiger partial charge in [0.2, 0.25) is 11.7 Å². The summed E-state index contributed by atoms with van der Waals surface area (Å²) in [6.45, 7) is 2.47. The van der Waals surface area contributed by atoms with E-state index in [9.17, 15) is 9.59 Å². The van der Waals surface area contributed by atoms with Crippen molar-refractivity contribution in [3.05, 3.63) is 82.9 Å². The second-order valence-electron chi connectivity index (χ2n) is 8.18. The summed E-state index contributed by atoms with van der Waals surface area (Å²) in [5, 5.41) is 2.92. The van der Waals surface area contributed by atoms with Gasteiger partial charge < -0.3 is 24.4 Å². The van der Waals surface area contributed by atoms with Crippen LogP contribution in [0, 0.1) is 6.92 Å². The topological polar surface area (TPSA) is 77.1 Å². The van der Waals surface area contributed by atoms with E-state index >= 15 is 0 Å². The van der Waals surface area contributed by atoms with E-state index < -0.39 is 6.04 Å². The number of hydrogen-bond acceptors (Lipinski definition) is 5. The smallest absolute Gasteiger partial charge is 0.255 e. The molecule has 1 atom stereocenters. The summed E-state index contributed by atoms with van der Waals surface area (Å²) >= 11 is 0. The van der Waals surface area contributed by atoms with Gasteiger partial charge >= 0.3 is 0 Å². The van der Waals surface area contributed by atoms with Crippen molar-refractivity contribution in [2.24, 2.45) is 0 Å². The Hall–Kier alpha value is -4.00. The van der Waals surface area contributed by atoms with Gasteiger partial charge in [0, 0.05) is 29.9 Å². The number of carbonyl (C=O) groups excluding carboxylic acids is 2. The van der Waals surface area contributed by atoms with Crippen LogP contribution in [-0.4, -0.2) is 38.0 Å². The summed E-state index contributed by atoms with van der Waals surface area (Å²) in [7, 11) is 4.57. The third-order valence-corrected chi connectivity index (χ3v) is 6.01. The largest absolute Gasteiger partial charge is 0.493 e. The molecule has 1 aliphatic heterocycles. The molecule has 7 heteroatoms. The van der Waals surface area contributed by atoms with Crippen LogP contribution in [0.3, 0.4) is 0 Å². The zero-order valence-corrected chi connectivity index (χ0v) is 19.8. The second kappa shape index (κ2) is 9.87. The van der Waals surface area contributed by atoms with Gasteiger partial charge in [-0.05, 0) is 24.1 Å². The van der Waals surface area contributed by atoms with Gasteiger partial charge in [0.05, 0.1) is 33.8 Å². The highest BCUT2D eigenvalue weighted by Crippen LogP contribution is 2.40. The highest BCUT2D eigenvalue weighted by Gasteiger charge is 2.34. The van der Waals surface area contributed by atoms with E-state index in [1.807, 2.05) is 55.5 Å². The molecule has 0 bridgehead atoms. The first-order chi connectivity index (χ1) is 16.4. The Morgan fingerprint density at radius 2 is 1.62 bits per heavy atom. The highest BCUT2D eigenvalue weighted by atomic mass is 16.5. The Bertz CT molecular complexity index is 1180. The van der Waals surface area contributed by atoms with Gasteiger partial charge in [0.1, 0.15) is 0 Å². The van der Waals surface area contributed by atoms with Crippen LogP contribution in [0.25, 0.3) is 0 Å². The van der Waals surface area contributed by atoms with Gasteiger partial charge in [-0.3, -0.25) is 9.59 Å². The molecule has 0 aliphatic carbocycles. The number of benzene rings is 3. The van der Waals surface area contributed by atoms with Crippen LogP contribution in [0.15, 0.2) is 60.7 Å². The Kier molecular flexibility index (Phi) is 6.72. The molecule has 7 nitrogen and oxygen atoms in total. The summed E-state index contributed by atoms with van der Waals surface area (Å²) in [6.07, 6.45) is 0.0967. The predicted molar refractivity (Wildman–Crippen MR) is 130 cm³/mol. The second-order valence-corrected chi connectivity index (χ2v) is 8.18. The molecular formula is C27H28N2O5. The first-order valence-electron chi connectivity index (χ1n) is 11.0. The van der Waals surface area contributed by atoms with E-state index in [4.69, 9.17) is 14.2 Å². The molecule has 0 fully saturated rings. The van der Waals surface area contributed by atoms with Crippen LogP contribution >= 0.6 is 0 Å². The fourth-order valence-corrected chi connectivity index (χ4v) is 4.27. The lowest BCUT2D eigenvalue weighted by atomic mass is 10.00. The van der Waals surface area contributed by atoms with Crippen LogP contribution < -0.4 is 19.5 Å². The van der Waals surface area contributed by atoms with Crippen molar-refractivity contribution >= 4 is 17.5 Å². The summed E-state index contributed by atoms with van der Waals surface area (Å²) < 4.78 is 16.1. The molecule has 176 valence electrons. The summed E-state index contributed by atoms with van der Waals surface area (Å²) in [4.78, 5) is 28.2. The van der Waals surface area contributed by atoms with E-state index in [0.717, 1.165) is 16.7 Å². The summed E-state index contributed by atoms with van der Waals surface area (Å²) in [5.41, 5.74) is 4.18. The summed E-state index contributed by atoms with van der Waals surface area (Å²) in [6, 6.07) is 18.4. The van der Waals surface area contributed by atoms with Crippen molar-refractivity contribution in [3.8, 4) is 17.2 Å². The van der Waals surface area contributed by atoms with Crippen molar-refractivity contribution in [2.75, 3.05) is 26.6 Å². The zero-order valence-electron chi connectivity index (χ0n) is 19.8. The Balaban J connectivity index is 1.61. The minimum absolute atomic E-state index is 0.0678. The molecule has 0 spiro atoms. The van der Waals surface area contributed by atoms with E-state index in [1.54, 1.807) is 17.0 Å². The molecule has 0 radical (unpaired) electrons. The molecule has 3 aromatic rings. The minimum atomic E-state index is -0.414. The van der Waals surface area contributed by atoms with Crippen LogP contribution in [0.4, 0.5) is 5.69 Å². The highest BCUT2D eigenvalue weighted by molar-refractivity contribution is 5.99. The lowest BCUT2D eigenvalue weighted by Crippen LogP contribution is -2.32. The Labute approximate surface area is 199 Å². The van der Waals surface area contributed by atoms with Crippen molar-refractivity contribution in [1.29, 1.82) is 0 Å². The van der Waals surface area contributed by atoms with Crippen molar-refractivity contribution in [3.63, 3.8) is 0 Å². The average molecular weight is 461 g/mol. The zero-order chi connectivity index (χ0) is 24.2. The van der Waals surface area contributed by atoms with Gasteiger partial charge in [-0.15, -0.1) is 0 Å². The number of rotatable bonds is 8. The predicted octanol–water partition coefficient (Wildman–Crippen LogP) is 4.75. The number of carbonyl (C=O) groups is 2. The quantitative estimate of drug-likeness (QED) is 0.525. The van der Waals surface area contributed by atoms with Crippen molar-refractivity contribution in [1.82, 2.24) is 4.90 Å². The lowest BCUT2D eigenvalue weighted by molar-refractivity contribution is -0.117. The number of nitrogens with one attached hydrogen (secondary N) is 1. The number of hydrogen-bond donors (Lipinski definition) is 1. The van der Waals surface area contributed by atoms with Crippen LogP contribution in [-0.2, 0) is 11.3 Å². The standard InChI is InChI=1S/C27H28N2O5/c1-17-9-11-18(12-10-17)22(29-16-19-7-5-6-8-21(19)27(29)31)15-25(30)28-20-13-23(32-2)26(34-4)24(14-20)33-3/h5-14,22H,15-16H2,1-4H3,(H,28,30)/t22-/m1/s1. The van der Waals surface area contributed by atoms with Crippen molar-refractivity contribution < 1.29 is 23.8 Å². The number of ether oxygens (including phenoxy) is 3. The molecule has 4 rings (SSSR count). The Morgan fingerprint density at radius 1 is 0.971 bits per heavy atom. The molecule has 1 heterocycles. The Morgan fingerprint density at radius 3 is 2.21 bits per heavy atom. The normalized spacial score (nSPS) is 13.3. The first kappa shape index (κ1) is 23.2. The molecule has 0 saturated carbocycles. The van der Waals surface area contributed by atoms with Gasteiger partial charge in [0.25, 0.3) is 5.91 Å². The molecule has 0 unspecified atom stereocenters. The fourth-order valence-electron chi connectivity index (χ4n) is 4.27. The van der Waals surface area contributed by atoms with Crippen LogP contribution in [0.1, 0.15) is 39.5 Å². The van der Waals surface area contributed by atoms with E-state index in [2.05, 4.69) is 5.32 Å². The third kappa shape index (κ3) is 4.55. The fraction of sp³-hybridized carbons (Fsp3) is 0.259. The van der Waals surface area contributed by atoms with E-state index in [0.29, 0.717) is 35.0 Å². The third-order valence-electron chi connectivity index (χ3n) is 6.01. The number of amides is 2. The molecule has 34 heavy (non-hydrogen) atoms. The lowest BCUT2D eigenvalue weighted by Gasteiger charge is -2.28. The molecule has 2 amide bonds. The monoisotopic (exact) mass is 460 g/mol. The minimum Gasteiger partial charge on any atom is -0.493 e. The molecular weight excluding hydrogens is 432 g/mol. The molecule has 0 saturated heterocycles. The molecule has 3 aromatic carbocycles. The molecule has 1 aliphatic rings. The van der Waals surface area contributed by atoms with Gasteiger partial charge in [0.15, 0.2) is 11.5 Å². The van der Waals surface area contributed by atoms with E-state index in [-0.39, 0.29) is 18.2 Å². The number of aryl methyl sites for hydroxylation is 1. The van der Waals surface area contributed by atoms with Gasteiger partial charge in [-0.25, -0.2) is 0 Å². The average Bonchev–Trinajstić information content (AvgIpc) is 3.18. The summed E-state index contributed by atoms with van der Waals surface area (Å²) in [5.74, 6) is 1.03. The molecule has 1 N–H and O–H groups in total. The number of fused-ring (bicyclic) bond motifs is 1. The number of nitrogens with zero attached hydrogens (tertiary/aromatic N) is 1. The first-order valence-corrected chi connectivity index (χ1v) is 11.0. The maximum Gasteiger partial charge on any atom is 0.255 e. The van der Waals surface area contributed by atoms with Crippen LogP contribution in [0.5, 0.6) is 17.2 Å². The SMILES string of the molecule is COc1cc(NC(=O)C[C@H](c2ccc(C)cc2)N2Cc3ccccc3C2=O)cc(OC)c1OC. The number of methoxy groups -OCH3 is 3.